The number of rotatable bonds is 9. The number of amides is 2. The minimum atomic E-state index is -0.542. The number of benzene rings is 3. The largest absolute Gasteiger partial charge is 0.347 e. The van der Waals surface area contributed by atoms with Crippen LogP contribution < -0.4 is 5.32 Å². The molecule has 0 radical (unpaired) electrons. The van der Waals surface area contributed by atoms with E-state index in [9.17, 15) is 9.59 Å². The van der Waals surface area contributed by atoms with E-state index in [0.29, 0.717) is 24.4 Å². The van der Waals surface area contributed by atoms with Crippen LogP contribution in [0.1, 0.15) is 124 Å². The van der Waals surface area contributed by atoms with Crippen LogP contribution in [-0.4, -0.2) is 67.2 Å². The minimum Gasteiger partial charge on any atom is -0.347 e. The summed E-state index contributed by atoms with van der Waals surface area (Å²) >= 11 is 0. The Bertz CT molecular complexity index is 2340. The zero-order chi connectivity index (χ0) is 40.9. The van der Waals surface area contributed by atoms with Crippen molar-refractivity contribution in [2.45, 2.75) is 134 Å². The fourth-order valence-corrected chi connectivity index (χ4v) is 12.0. The van der Waals surface area contributed by atoms with Gasteiger partial charge in [0.15, 0.2) is 0 Å². The van der Waals surface area contributed by atoms with Crippen molar-refractivity contribution in [1.29, 1.82) is 0 Å². The van der Waals surface area contributed by atoms with Crippen molar-refractivity contribution in [2.75, 3.05) is 7.05 Å². The number of carbonyl (C=O) groups excluding carboxylic acids is 2. The third kappa shape index (κ3) is 7.31. The molecule has 2 saturated heterocycles. The number of aryl methyl sites for hydroxylation is 4. The summed E-state index contributed by atoms with van der Waals surface area (Å²) in [5.41, 5.74) is 12.4. The first-order chi connectivity index (χ1) is 29.3. The Kier molecular flexibility index (Phi) is 10.7. The third-order valence-electron chi connectivity index (χ3n) is 15.3. The lowest BCUT2D eigenvalue weighted by Gasteiger charge is -2.36. The van der Waals surface area contributed by atoms with Gasteiger partial charge in [0.1, 0.15) is 17.7 Å². The van der Waals surface area contributed by atoms with Crippen molar-refractivity contribution in [2.24, 2.45) is 17.8 Å². The predicted molar refractivity (Wildman–Crippen MR) is 237 cm³/mol. The number of likely N-dealkylation sites (tertiary alicyclic amines) is 2. The molecule has 2 aromatic heterocycles. The van der Waals surface area contributed by atoms with Gasteiger partial charge in [-0.1, -0.05) is 94.1 Å². The molecule has 6 aliphatic carbocycles. The molecule has 5 aromatic rings. The zero-order valence-corrected chi connectivity index (χ0v) is 35.6. The Morgan fingerprint density at radius 1 is 0.700 bits per heavy atom. The molecular formula is C51H61N7O2. The normalized spacial score (nSPS) is 25.8. The van der Waals surface area contributed by atoms with E-state index < -0.39 is 6.04 Å². The van der Waals surface area contributed by atoms with Crippen molar-refractivity contribution < 1.29 is 9.59 Å². The number of H-pyrrole nitrogens is 2. The van der Waals surface area contributed by atoms with Gasteiger partial charge in [0.25, 0.3) is 0 Å². The monoisotopic (exact) mass is 803 g/mol. The number of aromatic nitrogens is 4. The molecule has 4 fully saturated rings. The number of aromatic amines is 2. The Hall–Kier alpha value is -5.02. The van der Waals surface area contributed by atoms with Crippen molar-refractivity contribution in [3.8, 4) is 33.6 Å². The van der Waals surface area contributed by atoms with Crippen molar-refractivity contribution >= 4 is 12.3 Å². The summed E-state index contributed by atoms with van der Waals surface area (Å²) in [7, 11) is 2.30. The average Bonchev–Trinajstić information content (AvgIpc) is 4.09. The first-order valence-electron chi connectivity index (χ1n) is 23.0. The molecule has 13 rings (SSSR count). The summed E-state index contributed by atoms with van der Waals surface area (Å²) in [5, 5.41) is 2.84. The van der Waals surface area contributed by atoms with Crippen molar-refractivity contribution in [3.63, 3.8) is 0 Å². The molecule has 2 aliphatic heterocycles. The fourth-order valence-electron chi connectivity index (χ4n) is 12.0. The second-order valence-corrected chi connectivity index (χ2v) is 19.1. The van der Waals surface area contributed by atoms with E-state index in [1.165, 1.54) is 83.0 Å². The molecule has 2 saturated carbocycles. The highest BCUT2D eigenvalue weighted by Crippen LogP contribution is 2.47. The second-order valence-electron chi connectivity index (χ2n) is 19.1. The Labute approximate surface area is 355 Å². The van der Waals surface area contributed by atoms with Crippen LogP contribution in [-0.2, 0) is 35.3 Å². The summed E-state index contributed by atoms with van der Waals surface area (Å²) in [6, 6.07) is 23.8. The molecule has 7 atom stereocenters. The lowest BCUT2D eigenvalue weighted by atomic mass is 9.84. The van der Waals surface area contributed by atoms with Gasteiger partial charge in [0, 0.05) is 17.6 Å². The van der Waals surface area contributed by atoms with Crippen molar-refractivity contribution in [1.82, 2.24) is 35.1 Å². The summed E-state index contributed by atoms with van der Waals surface area (Å²) in [4.78, 5) is 47.8. The molecule has 312 valence electrons. The number of fused-ring (bicyclic) bond motifs is 2. The first kappa shape index (κ1) is 39.1. The van der Waals surface area contributed by atoms with Gasteiger partial charge in [0.05, 0.1) is 35.9 Å². The van der Waals surface area contributed by atoms with Gasteiger partial charge in [-0.15, -0.1) is 0 Å². The maximum absolute atomic E-state index is 14.2. The average molecular weight is 804 g/mol. The number of nitrogens with one attached hydrogen (secondary N) is 3. The van der Waals surface area contributed by atoms with Crippen LogP contribution in [0.5, 0.6) is 0 Å². The number of imidazole rings is 2. The molecule has 3 N–H and O–H groups in total. The predicted octanol–water partition coefficient (Wildman–Crippen LogP) is 9.56. The zero-order valence-electron chi connectivity index (χ0n) is 35.6. The topological polar surface area (TPSA) is 110 Å². The van der Waals surface area contributed by atoms with Gasteiger partial charge in [-0.25, -0.2) is 9.97 Å². The standard InChI is InChI=1S/C51H61N7O2/c1-31(2)48(54-30-59)51(60)58-45-11-7-5-9-39(45)27-47(58)50-53-29-43(56-50)41-25-33-13-17-34-16-12-32(14-18-36(41)19-15-33)24-40(34)35-20-22-37(23-21-35)42-28-52-49(55-42)46-26-38-8-4-6-10-44(38)57(46)3/h12,15-16,19-25,28-31,38-39,44-48H,4-11,13-14,17-18,26-27H2,1-3H3,(H,52,55)(H,53,56)(H,54,59). The number of hydrogen-bond acceptors (Lipinski definition) is 5. The van der Waals surface area contributed by atoms with E-state index in [1.54, 1.807) is 0 Å². The lowest BCUT2D eigenvalue weighted by Crippen LogP contribution is -2.52. The number of hydrogen-bond donors (Lipinski definition) is 3. The van der Waals surface area contributed by atoms with E-state index in [-0.39, 0.29) is 23.9 Å². The summed E-state index contributed by atoms with van der Waals surface area (Å²) in [6.07, 6.45) is 20.4. The van der Waals surface area contributed by atoms with E-state index in [1.807, 2.05) is 26.2 Å². The van der Waals surface area contributed by atoms with E-state index >= 15 is 0 Å². The van der Waals surface area contributed by atoms with Gasteiger partial charge >= 0.3 is 0 Å². The highest BCUT2D eigenvalue weighted by molar-refractivity contribution is 5.85. The van der Waals surface area contributed by atoms with Gasteiger partial charge in [-0.05, 0) is 134 Å². The quantitative estimate of drug-likeness (QED) is 0.129. The fraction of sp³-hybridized carbons (Fsp3) is 0.490. The van der Waals surface area contributed by atoms with Crippen LogP contribution in [0.4, 0.5) is 0 Å². The summed E-state index contributed by atoms with van der Waals surface area (Å²) in [5.74, 6) is 3.25. The van der Waals surface area contributed by atoms with Crippen LogP contribution >= 0.6 is 0 Å². The molecule has 3 aromatic carbocycles. The second kappa shape index (κ2) is 16.4. The molecule has 4 heterocycles. The van der Waals surface area contributed by atoms with Crippen LogP contribution in [0, 0.1) is 17.8 Å². The van der Waals surface area contributed by atoms with Crippen LogP contribution in [0.3, 0.4) is 0 Å². The maximum Gasteiger partial charge on any atom is 0.246 e. The molecule has 2 amide bonds. The first-order valence-corrected chi connectivity index (χ1v) is 23.0. The Morgan fingerprint density at radius 2 is 1.27 bits per heavy atom. The minimum absolute atomic E-state index is 0.00236. The molecular weight excluding hydrogens is 743 g/mol. The van der Waals surface area contributed by atoms with Crippen molar-refractivity contribution in [3.05, 3.63) is 107 Å². The molecule has 8 aliphatic rings. The Balaban J connectivity index is 0.874. The highest BCUT2D eigenvalue weighted by atomic mass is 16.2. The SMILES string of the molecule is CC(C)C(NC=O)C(=O)N1C(c2ncc(-c3cc4ccc3CCc3ccc(c(-c5ccc(-c6cnc(C7CC8CCCCC8N7C)[nH]6)cc5)c3)CC4)[nH]2)CC2CCCCC21. The van der Waals surface area contributed by atoms with Gasteiger partial charge in [0.2, 0.25) is 12.3 Å². The molecule has 9 heteroatoms. The van der Waals surface area contributed by atoms with Crippen LogP contribution in [0.25, 0.3) is 33.6 Å². The summed E-state index contributed by atoms with van der Waals surface area (Å²) in [6.45, 7) is 4.01. The van der Waals surface area contributed by atoms with Gasteiger partial charge in [-0.2, -0.15) is 0 Å². The molecule has 0 spiro atoms. The van der Waals surface area contributed by atoms with Crippen LogP contribution in [0.15, 0.2) is 73.1 Å². The Morgan fingerprint density at radius 3 is 1.95 bits per heavy atom. The third-order valence-corrected chi connectivity index (χ3v) is 15.3. The number of nitrogens with zero attached hydrogens (tertiary/aromatic N) is 4. The smallest absolute Gasteiger partial charge is 0.246 e. The van der Waals surface area contributed by atoms with Crippen LogP contribution in [0.2, 0.25) is 0 Å². The van der Waals surface area contributed by atoms with E-state index in [0.717, 1.165) is 80.3 Å². The van der Waals surface area contributed by atoms with E-state index in [4.69, 9.17) is 9.97 Å². The van der Waals surface area contributed by atoms with E-state index in [2.05, 4.69) is 92.8 Å². The molecule has 60 heavy (non-hydrogen) atoms. The summed E-state index contributed by atoms with van der Waals surface area (Å²) < 4.78 is 0. The molecule has 7 unspecified atom stereocenters. The molecule has 9 nitrogen and oxygen atoms in total. The van der Waals surface area contributed by atoms with Gasteiger partial charge < -0.3 is 20.2 Å². The number of carbonyl (C=O) groups is 2. The highest BCUT2D eigenvalue weighted by Gasteiger charge is 2.48. The lowest BCUT2D eigenvalue weighted by molar-refractivity contribution is -0.139. The van der Waals surface area contributed by atoms with Gasteiger partial charge in [-0.3, -0.25) is 14.5 Å². The maximum atomic E-state index is 14.2. The molecule has 4 bridgehead atoms.